The average Bonchev–Trinajstić information content (AvgIpc) is 2.44. The smallest absolute Gasteiger partial charge is 0.122 e. The fraction of sp³-hybridized carbons (Fsp3) is 0.625. The lowest BCUT2D eigenvalue weighted by atomic mass is 10.0. The molecule has 1 aromatic carbocycles. The molecule has 0 amide bonds. The molecule has 0 saturated heterocycles. The molecule has 0 aliphatic rings. The van der Waals surface area contributed by atoms with Gasteiger partial charge in [0, 0.05) is 12.1 Å². The van der Waals surface area contributed by atoms with Crippen molar-refractivity contribution in [3.05, 3.63) is 29.3 Å². The number of likely N-dealkylation sites (N-methyl/N-ethyl adjacent to an activating group) is 1. The highest BCUT2D eigenvalue weighted by Gasteiger charge is 2.21. The van der Waals surface area contributed by atoms with Crippen LogP contribution >= 0.6 is 0 Å². The third-order valence-corrected chi connectivity index (χ3v) is 3.88. The van der Waals surface area contributed by atoms with Gasteiger partial charge in [-0.3, -0.25) is 4.90 Å². The first-order chi connectivity index (χ1) is 8.94. The van der Waals surface area contributed by atoms with Gasteiger partial charge in [-0.15, -0.1) is 0 Å². The first-order valence-corrected chi connectivity index (χ1v) is 6.92. The van der Waals surface area contributed by atoms with E-state index in [0.717, 1.165) is 25.1 Å². The number of aliphatic hydroxyl groups excluding tert-OH is 1. The van der Waals surface area contributed by atoms with Gasteiger partial charge < -0.3 is 9.84 Å². The SMILES string of the molecule is CCc1cc(CCN(C)C(C)(C)CO)ccc1OC. The summed E-state index contributed by atoms with van der Waals surface area (Å²) in [6, 6.07) is 6.39. The molecule has 0 radical (unpaired) electrons. The van der Waals surface area contributed by atoms with Crippen molar-refractivity contribution in [1.29, 1.82) is 0 Å². The van der Waals surface area contributed by atoms with E-state index in [4.69, 9.17) is 4.74 Å². The number of hydrogen-bond donors (Lipinski definition) is 1. The molecule has 0 atom stereocenters. The van der Waals surface area contributed by atoms with Crippen LogP contribution in [0.2, 0.25) is 0 Å². The van der Waals surface area contributed by atoms with Gasteiger partial charge in [0.1, 0.15) is 5.75 Å². The standard InChI is InChI=1S/C16H27NO2/c1-6-14-11-13(7-8-15(14)19-5)9-10-17(4)16(2,3)12-18/h7-8,11,18H,6,9-10,12H2,1-5H3. The zero-order valence-corrected chi connectivity index (χ0v) is 12.9. The van der Waals surface area contributed by atoms with Crippen molar-refractivity contribution in [3.8, 4) is 5.75 Å². The Kier molecular flexibility index (Phi) is 5.83. The lowest BCUT2D eigenvalue weighted by Crippen LogP contribution is -2.45. The monoisotopic (exact) mass is 265 g/mol. The van der Waals surface area contributed by atoms with Crippen LogP contribution in [0.5, 0.6) is 5.75 Å². The Labute approximate surface area is 117 Å². The number of aliphatic hydroxyl groups is 1. The van der Waals surface area contributed by atoms with E-state index in [9.17, 15) is 5.11 Å². The highest BCUT2D eigenvalue weighted by atomic mass is 16.5. The third kappa shape index (κ3) is 4.22. The molecule has 0 heterocycles. The molecule has 0 unspecified atom stereocenters. The molecule has 0 aromatic heterocycles. The van der Waals surface area contributed by atoms with Gasteiger partial charge in [-0.2, -0.15) is 0 Å². The predicted octanol–water partition coefficient (Wildman–Crippen LogP) is 2.50. The molecule has 19 heavy (non-hydrogen) atoms. The summed E-state index contributed by atoms with van der Waals surface area (Å²) in [6.45, 7) is 7.36. The van der Waals surface area contributed by atoms with Crippen LogP contribution in [0.25, 0.3) is 0 Å². The van der Waals surface area contributed by atoms with Gasteiger partial charge in [0.25, 0.3) is 0 Å². The summed E-state index contributed by atoms with van der Waals surface area (Å²) in [4.78, 5) is 2.20. The number of benzene rings is 1. The first-order valence-electron chi connectivity index (χ1n) is 6.92. The molecule has 3 heteroatoms. The number of rotatable bonds is 7. The minimum absolute atomic E-state index is 0.167. The van der Waals surface area contributed by atoms with Crippen LogP contribution in [0.15, 0.2) is 18.2 Å². The highest BCUT2D eigenvalue weighted by Crippen LogP contribution is 2.21. The van der Waals surface area contributed by atoms with Gasteiger partial charge in [0.15, 0.2) is 0 Å². The maximum Gasteiger partial charge on any atom is 0.122 e. The van der Waals surface area contributed by atoms with Crippen LogP contribution in [0.3, 0.4) is 0 Å². The van der Waals surface area contributed by atoms with Gasteiger partial charge in [-0.1, -0.05) is 19.1 Å². The molecule has 3 nitrogen and oxygen atoms in total. The first kappa shape index (κ1) is 16.0. The van der Waals surface area contributed by atoms with Crippen molar-refractivity contribution in [1.82, 2.24) is 4.90 Å². The lowest BCUT2D eigenvalue weighted by Gasteiger charge is -2.33. The molecular weight excluding hydrogens is 238 g/mol. The zero-order chi connectivity index (χ0) is 14.5. The van der Waals surface area contributed by atoms with Crippen molar-refractivity contribution < 1.29 is 9.84 Å². The minimum Gasteiger partial charge on any atom is -0.496 e. The Morgan fingerprint density at radius 2 is 2.00 bits per heavy atom. The molecule has 108 valence electrons. The summed E-state index contributed by atoms with van der Waals surface area (Å²) in [7, 11) is 3.77. The van der Waals surface area contributed by atoms with Crippen LogP contribution in [-0.4, -0.2) is 42.9 Å². The van der Waals surface area contributed by atoms with Crippen molar-refractivity contribution >= 4 is 0 Å². The maximum absolute atomic E-state index is 9.35. The number of nitrogens with zero attached hydrogens (tertiary/aromatic N) is 1. The topological polar surface area (TPSA) is 32.7 Å². The minimum atomic E-state index is -0.167. The van der Waals surface area contributed by atoms with Gasteiger partial charge >= 0.3 is 0 Å². The normalized spacial score (nSPS) is 11.9. The molecule has 0 aliphatic heterocycles. The molecular formula is C16H27NO2. The van der Waals surface area contributed by atoms with Gasteiger partial charge in [-0.25, -0.2) is 0 Å². The van der Waals surface area contributed by atoms with E-state index in [2.05, 4.69) is 44.9 Å². The summed E-state index contributed by atoms with van der Waals surface area (Å²) < 4.78 is 5.34. The fourth-order valence-electron chi connectivity index (χ4n) is 1.98. The van der Waals surface area contributed by atoms with Crippen molar-refractivity contribution in [2.75, 3.05) is 27.3 Å². The van der Waals surface area contributed by atoms with Crippen LogP contribution in [-0.2, 0) is 12.8 Å². The van der Waals surface area contributed by atoms with Crippen molar-refractivity contribution in [2.24, 2.45) is 0 Å². The van der Waals surface area contributed by atoms with Gasteiger partial charge in [0.2, 0.25) is 0 Å². The molecule has 1 aromatic rings. The molecule has 0 saturated carbocycles. The van der Waals surface area contributed by atoms with Gasteiger partial charge in [0.05, 0.1) is 13.7 Å². The number of hydrogen-bond acceptors (Lipinski definition) is 3. The molecule has 0 fully saturated rings. The number of methoxy groups -OCH3 is 1. The molecule has 0 bridgehead atoms. The van der Waals surface area contributed by atoms with Crippen LogP contribution in [0.1, 0.15) is 31.9 Å². The van der Waals surface area contributed by atoms with E-state index >= 15 is 0 Å². The Balaban J connectivity index is 2.68. The second-order valence-electron chi connectivity index (χ2n) is 5.64. The van der Waals surface area contributed by atoms with Crippen LogP contribution in [0, 0.1) is 0 Å². The van der Waals surface area contributed by atoms with E-state index in [1.165, 1.54) is 11.1 Å². The number of ether oxygens (including phenoxy) is 1. The summed E-state index contributed by atoms with van der Waals surface area (Å²) in [5.74, 6) is 0.968. The summed E-state index contributed by atoms with van der Waals surface area (Å²) in [6.07, 6.45) is 1.96. The lowest BCUT2D eigenvalue weighted by molar-refractivity contribution is 0.0801. The Morgan fingerprint density at radius 1 is 1.32 bits per heavy atom. The Morgan fingerprint density at radius 3 is 2.53 bits per heavy atom. The summed E-state index contributed by atoms with van der Waals surface area (Å²) >= 11 is 0. The van der Waals surface area contributed by atoms with Crippen LogP contribution < -0.4 is 4.74 Å². The molecule has 0 aliphatic carbocycles. The molecule has 0 spiro atoms. The van der Waals surface area contributed by atoms with Crippen molar-refractivity contribution in [2.45, 2.75) is 39.2 Å². The zero-order valence-electron chi connectivity index (χ0n) is 12.9. The third-order valence-electron chi connectivity index (χ3n) is 3.88. The largest absolute Gasteiger partial charge is 0.496 e. The van der Waals surface area contributed by atoms with E-state index in [1.54, 1.807) is 7.11 Å². The Bertz CT molecular complexity index is 402. The highest BCUT2D eigenvalue weighted by molar-refractivity contribution is 5.37. The summed E-state index contributed by atoms with van der Waals surface area (Å²) in [5, 5.41) is 9.35. The molecule has 1 rings (SSSR count). The average molecular weight is 265 g/mol. The van der Waals surface area contributed by atoms with Crippen LogP contribution in [0.4, 0.5) is 0 Å². The second-order valence-corrected chi connectivity index (χ2v) is 5.64. The predicted molar refractivity (Wildman–Crippen MR) is 79.9 cm³/mol. The van der Waals surface area contributed by atoms with Gasteiger partial charge in [-0.05, 0) is 50.9 Å². The second kappa shape index (κ2) is 6.92. The molecule has 1 N–H and O–H groups in total. The maximum atomic E-state index is 9.35. The quantitative estimate of drug-likeness (QED) is 0.822. The van der Waals surface area contributed by atoms with E-state index < -0.39 is 0 Å². The van der Waals surface area contributed by atoms with Crippen molar-refractivity contribution in [3.63, 3.8) is 0 Å². The van der Waals surface area contributed by atoms with E-state index in [1.807, 2.05) is 6.07 Å². The fourth-order valence-corrected chi connectivity index (χ4v) is 1.98. The van der Waals surface area contributed by atoms with E-state index in [-0.39, 0.29) is 12.1 Å². The number of aryl methyl sites for hydroxylation is 1. The summed E-state index contributed by atoms with van der Waals surface area (Å²) in [5.41, 5.74) is 2.40. The van der Waals surface area contributed by atoms with E-state index in [0.29, 0.717) is 0 Å². The Hall–Kier alpha value is -1.06.